The molecule has 0 bridgehead atoms. The lowest BCUT2D eigenvalue weighted by Gasteiger charge is -2.08. The summed E-state index contributed by atoms with van der Waals surface area (Å²) in [7, 11) is 0. The highest BCUT2D eigenvalue weighted by Crippen LogP contribution is 2.17. The molecule has 1 aromatic heterocycles. The minimum absolute atomic E-state index is 0.0925. The zero-order valence-corrected chi connectivity index (χ0v) is 13.3. The first-order chi connectivity index (χ1) is 12.0. The van der Waals surface area contributed by atoms with Crippen LogP contribution in [0.5, 0.6) is 0 Å². The number of nitrogens with one attached hydrogen (secondary N) is 2. The van der Waals surface area contributed by atoms with Gasteiger partial charge in [-0.3, -0.25) is 4.79 Å². The van der Waals surface area contributed by atoms with Crippen molar-refractivity contribution in [1.29, 1.82) is 0 Å². The van der Waals surface area contributed by atoms with Gasteiger partial charge in [-0.05, 0) is 36.8 Å². The van der Waals surface area contributed by atoms with Gasteiger partial charge in [0, 0.05) is 23.5 Å². The molecular formula is C18H14F2N4O. The van der Waals surface area contributed by atoms with E-state index in [4.69, 9.17) is 0 Å². The Bertz CT molecular complexity index is 930. The number of hydrogen-bond acceptors (Lipinski definition) is 4. The van der Waals surface area contributed by atoms with E-state index in [1.165, 1.54) is 18.5 Å². The fraction of sp³-hybridized carbons (Fsp3) is 0.0556. The van der Waals surface area contributed by atoms with Crippen molar-refractivity contribution in [3.63, 3.8) is 0 Å². The summed E-state index contributed by atoms with van der Waals surface area (Å²) >= 11 is 0. The lowest BCUT2D eigenvalue weighted by Crippen LogP contribution is -2.14. The highest BCUT2D eigenvalue weighted by atomic mass is 19.2. The number of anilines is 3. The third-order valence-corrected chi connectivity index (χ3v) is 3.37. The Kier molecular flexibility index (Phi) is 4.65. The van der Waals surface area contributed by atoms with E-state index in [-0.39, 0.29) is 11.4 Å². The highest BCUT2D eigenvalue weighted by molar-refractivity contribution is 6.03. The molecule has 3 aromatic rings. The summed E-state index contributed by atoms with van der Waals surface area (Å²) in [6.07, 6.45) is 1.25. The molecule has 2 aromatic carbocycles. The van der Waals surface area contributed by atoms with Crippen molar-refractivity contribution in [2.75, 3.05) is 10.6 Å². The van der Waals surface area contributed by atoms with Crippen LogP contribution in [-0.4, -0.2) is 15.9 Å². The molecule has 5 nitrogen and oxygen atoms in total. The van der Waals surface area contributed by atoms with Crippen LogP contribution in [0.25, 0.3) is 0 Å². The molecular weight excluding hydrogens is 326 g/mol. The van der Waals surface area contributed by atoms with E-state index < -0.39 is 17.5 Å². The van der Waals surface area contributed by atoms with Gasteiger partial charge in [0.15, 0.2) is 11.6 Å². The number of amides is 1. The van der Waals surface area contributed by atoms with Gasteiger partial charge in [0.05, 0.1) is 0 Å². The first-order valence-electron chi connectivity index (χ1n) is 7.43. The number of hydrogen-bond donors (Lipinski definition) is 2. The van der Waals surface area contributed by atoms with E-state index in [1.807, 2.05) is 31.2 Å². The minimum atomic E-state index is -1.04. The molecule has 0 aliphatic rings. The number of rotatable bonds is 4. The van der Waals surface area contributed by atoms with Crippen molar-refractivity contribution < 1.29 is 13.6 Å². The van der Waals surface area contributed by atoms with E-state index in [1.54, 1.807) is 0 Å². The van der Waals surface area contributed by atoms with Crippen LogP contribution < -0.4 is 10.6 Å². The average molecular weight is 340 g/mol. The van der Waals surface area contributed by atoms with Gasteiger partial charge in [0.2, 0.25) is 0 Å². The Labute approximate surface area is 142 Å². The van der Waals surface area contributed by atoms with Crippen LogP contribution in [0.15, 0.2) is 54.9 Å². The van der Waals surface area contributed by atoms with E-state index in [0.717, 1.165) is 23.4 Å². The van der Waals surface area contributed by atoms with Crippen LogP contribution >= 0.6 is 0 Å². The predicted octanol–water partition coefficient (Wildman–Crippen LogP) is 4.06. The van der Waals surface area contributed by atoms with Crippen LogP contribution in [0.3, 0.4) is 0 Å². The fourth-order valence-corrected chi connectivity index (χ4v) is 2.19. The van der Waals surface area contributed by atoms with Crippen LogP contribution in [0.1, 0.15) is 16.1 Å². The predicted molar refractivity (Wildman–Crippen MR) is 90.8 cm³/mol. The molecule has 0 saturated carbocycles. The molecule has 2 N–H and O–H groups in total. The molecule has 0 saturated heterocycles. The van der Waals surface area contributed by atoms with Gasteiger partial charge in [-0.25, -0.2) is 18.7 Å². The Morgan fingerprint density at radius 3 is 2.56 bits per heavy atom. The minimum Gasteiger partial charge on any atom is -0.340 e. The SMILES string of the molecule is Cc1cccc(Nc2cc(C(=O)Nc3ccc(F)c(F)c3)ncn2)c1. The second-order valence-corrected chi connectivity index (χ2v) is 5.37. The molecule has 0 fully saturated rings. The Hall–Kier alpha value is -3.35. The molecule has 25 heavy (non-hydrogen) atoms. The summed E-state index contributed by atoms with van der Waals surface area (Å²) in [5.41, 5.74) is 2.13. The molecule has 0 aliphatic heterocycles. The number of aryl methyl sites for hydroxylation is 1. The van der Waals surface area contributed by atoms with Crippen LogP contribution in [0, 0.1) is 18.6 Å². The van der Waals surface area contributed by atoms with Gasteiger partial charge < -0.3 is 10.6 Å². The van der Waals surface area contributed by atoms with Crippen LogP contribution in [0.4, 0.5) is 26.0 Å². The van der Waals surface area contributed by atoms with Crippen molar-refractivity contribution in [2.24, 2.45) is 0 Å². The molecule has 0 spiro atoms. The van der Waals surface area contributed by atoms with Gasteiger partial charge in [0.25, 0.3) is 5.91 Å². The Morgan fingerprint density at radius 1 is 0.960 bits per heavy atom. The van der Waals surface area contributed by atoms with E-state index in [0.29, 0.717) is 5.82 Å². The molecule has 0 unspecified atom stereocenters. The van der Waals surface area contributed by atoms with Crippen LogP contribution in [-0.2, 0) is 0 Å². The highest BCUT2D eigenvalue weighted by Gasteiger charge is 2.11. The maximum absolute atomic E-state index is 13.2. The molecule has 7 heteroatoms. The number of halogens is 2. The largest absolute Gasteiger partial charge is 0.340 e. The van der Waals surface area contributed by atoms with E-state index in [2.05, 4.69) is 20.6 Å². The standard InChI is InChI=1S/C18H14F2N4O/c1-11-3-2-4-12(7-11)23-17-9-16(21-10-22-17)18(25)24-13-5-6-14(19)15(20)8-13/h2-10H,1H3,(H,24,25)(H,21,22,23). The lowest BCUT2D eigenvalue weighted by atomic mass is 10.2. The van der Waals surface area contributed by atoms with Crippen molar-refractivity contribution in [3.05, 3.63) is 77.8 Å². The van der Waals surface area contributed by atoms with Crippen molar-refractivity contribution >= 4 is 23.1 Å². The van der Waals surface area contributed by atoms with Crippen molar-refractivity contribution in [1.82, 2.24) is 9.97 Å². The van der Waals surface area contributed by atoms with Gasteiger partial charge >= 0.3 is 0 Å². The smallest absolute Gasteiger partial charge is 0.274 e. The first kappa shape index (κ1) is 16.5. The van der Waals surface area contributed by atoms with Gasteiger partial charge in [-0.2, -0.15) is 0 Å². The molecule has 3 rings (SSSR count). The van der Waals surface area contributed by atoms with Crippen LogP contribution in [0.2, 0.25) is 0 Å². The quantitative estimate of drug-likeness (QED) is 0.752. The Morgan fingerprint density at radius 2 is 1.80 bits per heavy atom. The third-order valence-electron chi connectivity index (χ3n) is 3.37. The molecule has 0 radical (unpaired) electrons. The Balaban J connectivity index is 1.76. The summed E-state index contributed by atoms with van der Waals surface area (Å²) in [4.78, 5) is 20.2. The average Bonchev–Trinajstić information content (AvgIpc) is 2.58. The molecule has 1 amide bonds. The first-order valence-corrected chi connectivity index (χ1v) is 7.43. The van der Waals surface area contributed by atoms with Gasteiger partial charge in [-0.1, -0.05) is 12.1 Å². The molecule has 0 aliphatic carbocycles. The zero-order valence-electron chi connectivity index (χ0n) is 13.3. The van der Waals surface area contributed by atoms with Gasteiger partial charge in [-0.15, -0.1) is 0 Å². The third kappa shape index (κ3) is 4.14. The molecule has 1 heterocycles. The summed E-state index contributed by atoms with van der Waals surface area (Å²) in [6.45, 7) is 1.96. The lowest BCUT2D eigenvalue weighted by molar-refractivity contribution is 0.102. The topological polar surface area (TPSA) is 66.9 Å². The maximum Gasteiger partial charge on any atom is 0.274 e. The van der Waals surface area contributed by atoms with E-state index >= 15 is 0 Å². The van der Waals surface area contributed by atoms with Crippen molar-refractivity contribution in [2.45, 2.75) is 6.92 Å². The number of aromatic nitrogens is 2. The fourth-order valence-electron chi connectivity index (χ4n) is 2.19. The number of carbonyl (C=O) groups is 1. The summed E-state index contributed by atoms with van der Waals surface area (Å²) in [5.74, 6) is -2.14. The number of benzene rings is 2. The van der Waals surface area contributed by atoms with Crippen molar-refractivity contribution in [3.8, 4) is 0 Å². The summed E-state index contributed by atoms with van der Waals surface area (Å²) in [5, 5.41) is 5.54. The monoisotopic (exact) mass is 340 g/mol. The summed E-state index contributed by atoms with van der Waals surface area (Å²) < 4.78 is 26.1. The number of carbonyl (C=O) groups excluding carboxylic acids is 1. The second-order valence-electron chi connectivity index (χ2n) is 5.37. The maximum atomic E-state index is 13.2. The van der Waals surface area contributed by atoms with E-state index in [9.17, 15) is 13.6 Å². The number of nitrogens with zero attached hydrogens (tertiary/aromatic N) is 2. The second kappa shape index (κ2) is 7.04. The van der Waals surface area contributed by atoms with Gasteiger partial charge in [0.1, 0.15) is 17.8 Å². The normalized spacial score (nSPS) is 10.4. The molecule has 0 atom stereocenters. The zero-order chi connectivity index (χ0) is 17.8. The molecule has 126 valence electrons. The summed E-state index contributed by atoms with van der Waals surface area (Å²) in [6, 6.07) is 12.2.